The lowest BCUT2D eigenvalue weighted by molar-refractivity contribution is -0.120. The van der Waals surface area contributed by atoms with Gasteiger partial charge in [-0.15, -0.1) is 0 Å². The molecular weight excluding hydrogens is 373 g/mol. The molecule has 0 spiro atoms. The molecule has 3 heterocycles. The molecule has 0 amide bonds. The average molecular weight is 398 g/mol. The van der Waals surface area contributed by atoms with Gasteiger partial charge in [-0.3, -0.25) is 9.80 Å². The van der Waals surface area contributed by atoms with E-state index in [4.69, 9.17) is 27.9 Å². The molecule has 3 fully saturated rings. The van der Waals surface area contributed by atoms with Crippen molar-refractivity contribution in [3.63, 3.8) is 0 Å². The fourth-order valence-corrected chi connectivity index (χ4v) is 5.01. The zero-order chi connectivity index (χ0) is 18.1. The lowest BCUT2D eigenvalue weighted by atomic mass is 9.90. The van der Waals surface area contributed by atoms with Crippen LogP contribution in [0.1, 0.15) is 24.4 Å². The maximum Gasteiger partial charge on any atom is 0.141 e. The predicted octanol–water partition coefficient (Wildman–Crippen LogP) is 2.37. The van der Waals surface area contributed by atoms with E-state index in [9.17, 15) is 4.79 Å². The molecule has 0 saturated carbocycles. The molecule has 3 aliphatic rings. The first kappa shape index (κ1) is 18.7. The lowest BCUT2D eigenvalue weighted by Gasteiger charge is -2.52. The Balaban J connectivity index is 1.65. The fraction of sp³-hybridized carbons (Fsp3) is 0.632. The molecule has 1 N–H and O–H groups in total. The number of nitrogens with zero attached hydrogens (tertiary/aromatic N) is 2. The maximum atomic E-state index is 12.1. The quantitative estimate of drug-likeness (QED) is 0.790. The van der Waals surface area contributed by atoms with E-state index in [0.717, 1.165) is 44.6 Å². The van der Waals surface area contributed by atoms with Crippen LogP contribution in [0.5, 0.6) is 0 Å². The molecule has 1 aromatic carbocycles. The normalized spacial score (nSPS) is 31.5. The van der Waals surface area contributed by atoms with Crippen molar-refractivity contribution >= 4 is 29.5 Å². The lowest BCUT2D eigenvalue weighted by Crippen LogP contribution is -2.70. The molecule has 26 heavy (non-hydrogen) atoms. The number of carbonyl (C=O) groups excluding carboxylic acids is 1. The summed E-state index contributed by atoms with van der Waals surface area (Å²) in [6.45, 7) is 5.33. The van der Waals surface area contributed by atoms with Crippen molar-refractivity contribution in [1.29, 1.82) is 0 Å². The smallest absolute Gasteiger partial charge is 0.141 e. The Morgan fingerprint density at radius 1 is 1.15 bits per heavy atom. The van der Waals surface area contributed by atoms with E-state index in [1.54, 1.807) is 6.07 Å². The van der Waals surface area contributed by atoms with Crippen molar-refractivity contribution in [3.8, 4) is 0 Å². The van der Waals surface area contributed by atoms with Gasteiger partial charge in [-0.05, 0) is 43.6 Å². The van der Waals surface area contributed by atoms with Crippen molar-refractivity contribution < 1.29 is 9.53 Å². The van der Waals surface area contributed by atoms with Gasteiger partial charge in [-0.25, -0.2) is 0 Å². The van der Waals surface area contributed by atoms with Crippen LogP contribution in [0.3, 0.4) is 0 Å². The zero-order valence-electron chi connectivity index (χ0n) is 14.7. The predicted molar refractivity (Wildman–Crippen MR) is 103 cm³/mol. The molecule has 0 radical (unpaired) electrons. The van der Waals surface area contributed by atoms with Crippen molar-refractivity contribution in [2.75, 3.05) is 39.4 Å². The van der Waals surface area contributed by atoms with Crippen LogP contribution < -0.4 is 5.32 Å². The van der Waals surface area contributed by atoms with E-state index in [1.807, 2.05) is 12.1 Å². The minimum absolute atomic E-state index is 0.244. The molecule has 0 aromatic heterocycles. The first-order valence-electron chi connectivity index (χ1n) is 9.40. The highest BCUT2D eigenvalue weighted by atomic mass is 35.5. The Morgan fingerprint density at radius 2 is 1.96 bits per heavy atom. The van der Waals surface area contributed by atoms with Crippen LogP contribution in [0.15, 0.2) is 18.2 Å². The van der Waals surface area contributed by atoms with Crippen molar-refractivity contribution in [2.24, 2.45) is 0 Å². The third-order valence-corrected chi connectivity index (χ3v) is 6.67. The molecule has 142 valence electrons. The number of nitrogens with one attached hydrogen (secondary N) is 1. The summed E-state index contributed by atoms with van der Waals surface area (Å²) in [4.78, 5) is 17.0. The monoisotopic (exact) mass is 397 g/mol. The van der Waals surface area contributed by atoms with E-state index in [0.29, 0.717) is 22.7 Å². The number of rotatable bonds is 4. The van der Waals surface area contributed by atoms with Gasteiger partial charge in [0.15, 0.2) is 0 Å². The van der Waals surface area contributed by atoms with E-state index in [2.05, 4.69) is 15.1 Å². The van der Waals surface area contributed by atoms with Crippen LogP contribution in [0.4, 0.5) is 0 Å². The Bertz CT molecular complexity index is 652. The van der Waals surface area contributed by atoms with Gasteiger partial charge >= 0.3 is 0 Å². The Morgan fingerprint density at radius 3 is 2.69 bits per heavy atom. The number of benzene rings is 1. The third-order valence-electron chi connectivity index (χ3n) is 5.93. The number of carbonyl (C=O) groups is 1. The van der Waals surface area contributed by atoms with Crippen LogP contribution in [0.2, 0.25) is 10.0 Å². The van der Waals surface area contributed by atoms with Gasteiger partial charge in [0, 0.05) is 25.2 Å². The first-order valence-corrected chi connectivity index (χ1v) is 10.2. The second kappa shape index (κ2) is 8.13. The molecule has 4 unspecified atom stereocenters. The number of hydrogen-bond acceptors (Lipinski definition) is 5. The second-order valence-corrected chi connectivity index (χ2v) is 8.21. The van der Waals surface area contributed by atoms with Crippen molar-refractivity contribution in [1.82, 2.24) is 15.1 Å². The van der Waals surface area contributed by atoms with Gasteiger partial charge in [0.2, 0.25) is 0 Å². The van der Waals surface area contributed by atoms with E-state index < -0.39 is 0 Å². The number of piperazine rings is 1. The number of likely N-dealkylation sites (tertiary alicyclic amines) is 1. The summed E-state index contributed by atoms with van der Waals surface area (Å²) < 4.78 is 5.91. The largest absolute Gasteiger partial charge is 0.378 e. The number of halogens is 2. The van der Waals surface area contributed by atoms with Crippen molar-refractivity contribution in [3.05, 3.63) is 33.8 Å². The van der Waals surface area contributed by atoms with Gasteiger partial charge in [0.05, 0.1) is 35.3 Å². The van der Waals surface area contributed by atoms with Crippen LogP contribution >= 0.6 is 23.2 Å². The number of fused-ring (bicyclic) bond motifs is 1. The van der Waals surface area contributed by atoms with E-state index >= 15 is 0 Å². The summed E-state index contributed by atoms with van der Waals surface area (Å²) in [6.07, 6.45) is 3.52. The van der Waals surface area contributed by atoms with E-state index in [-0.39, 0.29) is 18.1 Å². The SMILES string of the molecule is O=CC(c1ccc(Cl)c(Cl)c1)N1CCNC2COCC(N3CCCC3)C21. The Labute approximate surface area is 164 Å². The summed E-state index contributed by atoms with van der Waals surface area (Å²) in [5.41, 5.74) is 0.904. The molecule has 0 bridgehead atoms. The summed E-state index contributed by atoms with van der Waals surface area (Å²) in [6, 6.07) is 6.00. The highest BCUT2D eigenvalue weighted by Crippen LogP contribution is 2.33. The standard InChI is InChI=1S/C19H25Cl2N3O2/c20-14-4-3-13(9-15(14)21)17(10-25)24-8-5-22-16-11-26-12-18(19(16)24)23-6-1-2-7-23/h3-4,9-10,16-19,22H,1-2,5-8,11-12H2. The molecule has 7 heteroatoms. The maximum absolute atomic E-state index is 12.1. The average Bonchev–Trinajstić information content (AvgIpc) is 3.19. The van der Waals surface area contributed by atoms with Crippen molar-refractivity contribution in [2.45, 2.75) is 37.0 Å². The molecule has 4 rings (SSSR count). The zero-order valence-corrected chi connectivity index (χ0v) is 16.3. The highest BCUT2D eigenvalue weighted by molar-refractivity contribution is 6.42. The van der Waals surface area contributed by atoms with Gasteiger partial charge < -0.3 is 14.8 Å². The first-order chi connectivity index (χ1) is 12.7. The summed E-state index contributed by atoms with van der Waals surface area (Å²) >= 11 is 12.3. The molecule has 3 saturated heterocycles. The molecule has 3 aliphatic heterocycles. The number of hydrogen-bond donors (Lipinski definition) is 1. The van der Waals surface area contributed by atoms with Crippen LogP contribution in [-0.4, -0.2) is 73.6 Å². The number of ether oxygens (including phenoxy) is 1. The van der Waals surface area contributed by atoms with Crippen LogP contribution in [-0.2, 0) is 9.53 Å². The molecule has 0 aliphatic carbocycles. The minimum Gasteiger partial charge on any atom is -0.378 e. The summed E-state index contributed by atoms with van der Waals surface area (Å²) in [5, 5.41) is 4.60. The summed E-state index contributed by atoms with van der Waals surface area (Å²) in [5.74, 6) is 0. The third kappa shape index (κ3) is 3.53. The molecule has 1 aromatic rings. The molecule has 4 atom stereocenters. The highest BCUT2D eigenvalue weighted by Gasteiger charge is 2.45. The fourth-order valence-electron chi connectivity index (χ4n) is 4.70. The number of aldehydes is 1. The van der Waals surface area contributed by atoms with Crippen LogP contribution in [0.25, 0.3) is 0 Å². The molecule has 5 nitrogen and oxygen atoms in total. The Kier molecular flexibility index (Phi) is 5.84. The van der Waals surface area contributed by atoms with Crippen LogP contribution in [0, 0.1) is 0 Å². The van der Waals surface area contributed by atoms with Gasteiger partial charge in [0.25, 0.3) is 0 Å². The second-order valence-electron chi connectivity index (χ2n) is 7.39. The van der Waals surface area contributed by atoms with Gasteiger partial charge in [-0.2, -0.15) is 0 Å². The van der Waals surface area contributed by atoms with Gasteiger partial charge in [0.1, 0.15) is 6.29 Å². The minimum atomic E-state index is -0.317. The topological polar surface area (TPSA) is 44.8 Å². The Hall–Kier alpha value is -0.690. The molecular formula is C19H25Cl2N3O2. The summed E-state index contributed by atoms with van der Waals surface area (Å²) in [7, 11) is 0. The van der Waals surface area contributed by atoms with Gasteiger partial charge in [-0.1, -0.05) is 29.3 Å². The van der Waals surface area contributed by atoms with E-state index in [1.165, 1.54) is 12.8 Å².